The van der Waals surface area contributed by atoms with E-state index in [0.29, 0.717) is 30.5 Å². The summed E-state index contributed by atoms with van der Waals surface area (Å²) in [7, 11) is -3.32. The van der Waals surface area contributed by atoms with E-state index in [1.165, 1.54) is 0 Å². The molecule has 24 heavy (non-hydrogen) atoms. The molecule has 0 amide bonds. The van der Waals surface area contributed by atoms with E-state index in [0.717, 1.165) is 11.1 Å². The molecule has 3 rings (SSSR count). The minimum absolute atomic E-state index is 0.0583. The number of aromatic amines is 1. The molecule has 0 saturated carbocycles. The Balaban J connectivity index is 1.53. The number of benzene rings is 2. The lowest BCUT2D eigenvalue weighted by atomic mass is 10.1. The predicted molar refractivity (Wildman–Crippen MR) is 92.5 cm³/mol. The number of H-pyrrole nitrogens is 1. The summed E-state index contributed by atoms with van der Waals surface area (Å²) in [6, 6.07) is 14.8. The van der Waals surface area contributed by atoms with E-state index in [2.05, 4.69) is 9.71 Å². The summed E-state index contributed by atoms with van der Waals surface area (Å²) >= 11 is 0. The zero-order chi connectivity index (χ0) is 17.0. The van der Waals surface area contributed by atoms with Gasteiger partial charge in [-0.15, -0.1) is 0 Å². The van der Waals surface area contributed by atoms with Crippen molar-refractivity contribution < 1.29 is 12.8 Å². The molecule has 0 bridgehead atoms. The SMILES string of the molecule is O=c1[nH]c2ccc(CCNS(=O)(=O)CCc3ccccc3)cc2o1. The quantitative estimate of drug-likeness (QED) is 0.683. The molecule has 0 radical (unpaired) electrons. The summed E-state index contributed by atoms with van der Waals surface area (Å²) < 4.78 is 31.7. The Morgan fingerprint density at radius 2 is 1.79 bits per heavy atom. The molecule has 0 unspecified atom stereocenters. The van der Waals surface area contributed by atoms with Crippen LogP contribution >= 0.6 is 0 Å². The van der Waals surface area contributed by atoms with Gasteiger partial charge in [0.25, 0.3) is 0 Å². The highest BCUT2D eigenvalue weighted by Gasteiger charge is 2.10. The Morgan fingerprint density at radius 3 is 2.58 bits per heavy atom. The van der Waals surface area contributed by atoms with Gasteiger partial charge in [-0.3, -0.25) is 4.98 Å². The number of sulfonamides is 1. The lowest BCUT2D eigenvalue weighted by Gasteiger charge is -2.07. The average molecular weight is 346 g/mol. The second kappa shape index (κ2) is 7.02. The maximum Gasteiger partial charge on any atom is 0.417 e. The summed E-state index contributed by atoms with van der Waals surface area (Å²) in [4.78, 5) is 13.7. The molecule has 2 aromatic carbocycles. The van der Waals surface area contributed by atoms with Gasteiger partial charge in [-0.1, -0.05) is 36.4 Å². The molecule has 0 saturated heterocycles. The molecular formula is C17H18N2O4S. The second-order valence-corrected chi connectivity index (χ2v) is 7.47. The third-order valence-corrected chi connectivity index (χ3v) is 5.11. The van der Waals surface area contributed by atoms with Crippen molar-refractivity contribution in [2.24, 2.45) is 0 Å². The molecule has 1 aromatic heterocycles. The van der Waals surface area contributed by atoms with E-state index in [4.69, 9.17) is 4.42 Å². The van der Waals surface area contributed by atoms with E-state index in [9.17, 15) is 13.2 Å². The molecule has 6 nitrogen and oxygen atoms in total. The first-order chi connectivity index (χ1) is 11.5. The third kappa shape index (κ3) is 4.33. The standard InChI is InChI=1S/C17H18N2O4S/c20-17-19-15-7-6-14(12-16(15)23-17)8-10-18-24(21,22)11-9-13-4-2-1-3-5-13/h1-7,12,18H,8-11H2,(H,19,20). The Kier molecular flexibility index (Phi) is 4.82. The van der Waals surface area contributed by atoms with Crippen molar-refractivity contribution in [3.05, 3.63) is 70.2 Å². The fourth-order valence-electron chi connectivity index (χ4n) is 2.47. The number of hydrogen-bond acceptors (Lipinski definition) is 4. The van der Waals surface area contributed by atoms with E-state index >= 15 is 0 Å². The van der Waals surface area contributed by atoms with E-state index in [1.807, 2.05) is 36.4 Å². The van der Waals surface area contributed by atoms with Gasteiger partial charge in [0.2, 0.25) is 10.0 Å². The maximum atomic E-state index is 12.0. The topological polar surface area (TPSA) is 92.2 Å². The summed E-state index contributed by atoms with van der Waals surface area (Å²) in [5.41, 5.74) is 3.00. The molecule has 0 atom stereocenters. The molecule has 0 aliphatic heterocycles. The highest BCUT2D eigenvalue weighted by atomic mass is 32.2. The average Bonchev–Trinajstić information content (AvgIpc) is 2.93. The van der Waals surface area contributed by atoms with Crippen molar-refractivity contribution in [1.82, 2.24) is 9.71 Å². The van der Waals surface area contributed by atoms with Gasteiger partial charge in [0, 0.05) is 6.54 Å². The minimum Gasteiger partial charge on any atom is -0.408 e. The van der Waals surface area contributed by atoms with Crippen LogP contribution < -0.4 is 10.5 Å². The highest BCUT2D eigenvalue weighted by molar-refractivity contribution is 7.89. The summed E-state index contributed by atoms with van der Waals surface area (Å²) in [5.74, 6) is -0.438. The maximum absolute atomic E-state index is 12.0. The van der Waals surface area contributed by atoms with Crippen LogP contribution in [0.4, 0.5) is 0 Å². The zero-order valence-corrected chi connectivity index (χ0v) is 13.8. The van der Waals surface area contributed by atoms with Crippen LogP contribution in [-0.4, -0.2) is 25.7 Å². The first-order valence-electron chi connectivity index (χ1n) is 7.65. The number of fused-ring (bicyclic) bond motifs is 1. The van der Waals surface area contributed by atoms with Crippen molar-refractivity contribution >= 4 is 21.1 Å². The Morgan fingerprint density at radius 1 is 1.00 bits per heavy atom. The van der Waals surface area contributed by atoms with Crippen LogP contribution in [-0.2, 0) is 22.9 Å². The smallest absolute Gasteiger partial charge is 0.408 e. The molecule has 126 valence electrons. The van der Waals surface area contributed by atoms with E-state index < -0.39 is 15.8 Å². The zero-order valence-electron chi connectivity index (χ0n) is 13.0. The van der Waals surface area contributed by atoms with Gasteiger partial charge in [-0.2, -0.15) is 0 Å². The fourth-order valence-corrected chi connectivity index (χ4v) is 3.53. The van der Waals surface area contributed by atoms with Crippen molar-refractivity contribution in [1.29, 1.82) is 0 Å². The van der Waals surface area contributed by atoms with Crippen molar-refractivity contribution in [2.75, 3.05) is 12.3 Å². The van der Waals surface area contributed by atoms with Gasteiger partial charge in [0.1, 0.15) is 0 Å². The number of aryl methyl sites for hydroxylation is 1. The first-order valence-corrected chi connectivity index (χ1v) is 9.30. The van der Waals surface area contributed by atoms with E-state index in [1.54, 1.807) is 12.1 Å². The van der Waals surface area contributed by atoms with Crippen LogP contribution in [0.25, 0.3) is 11.1 Å². The lowest BCUT2D eigenvalue weighted by Crippen LogP contribution is -2.29. The Bertz CT molecular complexity index is 974. The number of aromatic nitrogens is 1. The van der Waals surface area contributed by atoms with Crippen molar-refractivity contribution in [3.63, 3.8) is 0 Å². The Hall–Kier alpha value is -2.38. The number of oxazole rings is 1. The third-order valence-electron chi connectivity index (χ3n) is 3.72. The van der Waals surface area contributed by atoms with E-state index in [-0.39, 0.29) is 5.75 Å². The molecule has 7 heteroatoms. The van der Waals surface area contributed by atoms with Crippen LogP contribution in [0, 0.1) is 0 Å². The van der Waals surface area contributed by atoms with Crippen LogP contribution in [0.1, 0.15) is 11.1 Å². The summed E-state index contributed by atoms with van der Waals surface area (Å²) in [5, 5.41) is 0. The molecule has 1 heterocycles. The van der Waals surface area contributed by atoms with Gasteiger partial charge in [-0.25, -0.2) is 17.9 Å². The lowest BCUT2D eigenvalue weighted by molar-refractivity contribution is 0.555. The van der Waals surface area contributed by atoms with Crippen LogP contribution in [0.5, 0.6) is 0 Å². The predicted octanol–water partition coefficient (Wildman–Crippen LogP) is 1.83. The van der Waals surface area contributed by atoms with Gasteiger partial charge < -0.3 is 4.42 Å². The number of hydrogen-bond donors (Lipinski definition) is 2. The largest absolute Gasteiger partial charge is 0.417 e. The Labute approximate surface area is 139 Å². The number of nitrogens with one attached hydrogen (secondary N) is 2. The monoisotopic (exact) mass is 346 g/mol. The molecule has 3 aromatic rings. The van der Waals surface area contributed by atoms with Gasteiger partial charge in [-0.05, 0) is 36.1 Å². The van der Waals surface area contributed by atoms with Crippen LogP contribution in [0.15, 0.2) is 57.7 Å². The molecule has 0 spiro atoms. The highest BCUT2D eigenvalue weighted by Crippen LogP contribution is 2.12. The summed E-state index contributed by atoms with van der Waals surface area (Å²) in [6.45, 7) is 0.303. The molecule has 0 aliphatic carbocycles. The van der Waals surface area contributed by atoms with Crippen molar-refractivity contribution in [2.45, 2.75) is 12.8 Å². The van der Waals surface area contributed by atoms with Gasteiger partial charge in [0.15, 0.2) is 5.58 Å². The fraction of sp³-hybridized carbons (Fsp3) is 0.235. The molecule has 2 N–H and O–H groups in total. The van der Waals surface area contributed by atoms with Gasteiger partial charge in [0.05, 0.1) is 11.3 Å². The number of rotatable bonds is 7. The molecule has 0 aliphatic rings. The summed E-state index contributed by atoms with van der Waals surface area (Å²) in [6.07, 6.45) is 1.01. The van der Waals surface area contributed by atoms with Crippen LogP contribution in [0.3, 0.4) is 0 Å². The second-order valence-electron chi connectivity index (χ2n) is 5.54. The minimum atomic E-state index is -3.32. The van der Waals surface area contributed by atoms with Gasteiger partial charge >= 0.3 is 5.76 Å². The normalized spacial score (nSPS) is 11.8. The molecular weight excluding hydrogens is 328 g/mol. The van der Waals surface area contributed by atoms with Crippen LogP contribution in [0.2, 0.25) is 0 Å². The first kappa shape index (κ1) is 16.5. The molecule has 0 fully saturated rings. The van der Waals surface area contributed by atoms with Crippen molar-refractivity contribution in [3.8, 4) is 0 Å².